The van der Waals surface area contributed by atoms with Crippen molar-refractivity contribution < 1.29 is 28.6 Å². The summed E-state index contributed by atoms with van der Waals surface area (Å²) in [6, 6.07) is 5.13. The molecule has 0 radical (unpaired) electrons. The average Bonchev–Trinajstić information content (AvgIpc) is 2.88. The Bertz CT molecular complexity index is 745. The molecular weight excluding hydrogens is 358 g/mol. The summed E-state index contributed by atoms with van der Waals surface area (Å²) in [4.78, 5) is 37.6. The zero-order valence-electron chi connectivity index (χ0n) is 15.1. The normalized spacial score (nSPS) is 16.8. The van der Waals surface area contributed by atoms with Gasteiger partial charge in [-0.25, -0.2) is 0 Å². The van der Waals surface area contributed by atoms with E-state index in [2.05, 4.69) is 0 Å². The lowest BCUT2D eigenvalue weighted by atomic mass is 10.1. The molecule has 1 heterocycles. The van der Waals surface area contributed by atoms with Gasteiger partial charge in [-0.15, -0.1) is 0 Å². The summed E-state index contributed by atoms with van der Waals surface area (Å²) >= 11 is 0.770. The maximum absolute atomic E-state index is 12.5. The number of hydrogen-bond donors (Lipinski definition) is 0. The molecule has 0 aromatic heterocycles. The van der Waals surface area contributed by atoms with Crippen LogP contribution >= 0.6 is 11.8 Å². The van der Waals surface area contributed by atoms with Crippen LogP contribution < -0.4 is 9.47 Å². The van der Waals surface area contributed by atoms with Gasteiger partial charge in [-0.05, 0) is 49.4 Å². The molecule has 0 bridgehead atoms. The Morgan fingerprint density at radius 1 is 1.27 bits per heavy atom. The number of carbonyl (C=O) groups is 3. The number of thioether (sulfide) groups is 1. The van der Waals surface area contributed by atoms with E-state index in [4.69, 9.17) is 14.2 Å². The molecule has 140 valence electrons. The van der Waals surface area contributed by atoms with Gasteiger partial charge in [0.1, 0.15) is 18.0 Å². The van der Waals surface area contributed by atoms with E-state index in [0.29, 0.717) is 23.5 Å². The van der Waals surface area contributed by atoms with Gasteiger partial charge in [-0.3, -0.25) is 19.3 Å². The van der Waals surface area contributed by atoms with E-state index >= 15 is 0 Å². The third-order valence-corrected chi connectivity index (χ3v) is 4.70. The maximum Gasteiger partial charge on any atom is 0.326 e. The van der Waals surface area contributed by atoms with Crippen LogP contribution in [0.4, 0.5) is 4.79 Å². The first-order chi connectivity index (χ1) is 12.4. The second-order valence-electron chi connectivity index (χ2n) is 5.58. The molecule has 2 rings (SSSR count). The molecule has 1 aliphatic rings. The van der Waals surface area contributed by atoms with Crippen molar-refractivity contribution in [2.75, 3.05) is 20.8 Å². The predicted molar refractivity (Wildman–Crippen MR) is 98.1 cm³/mol. The summed E-state index contributed by atoms with van der Waals surface area (Å²) in [5.74, 6) is -0.0185. The van der Waals surface area contributed by atoms with Crippen LogP contribution in [0.2, 0.25) is 0 Å². The molecule has 2 amide bonds. The van der Waals surface area contributed by atoms with Gasteiger partial charge >= 0.3 is 5.97 Å². The van der Waals surface area contributed by atoms with Gasteiger partial charge in [0.15, 0.2) is 0 Å². The number of methoxy groups -OCH3 is 2. The minimum absolute atomic E-state index is 0.206. The van der Waals surface area contributed by atoms with Gasteiger partial charge in [-0.1, -0.05) is 6.92 Å². The smallest absolute Gasteiger partial charge is 0.326 e. The van der Waals surface area contributed by atoms with Crippen LogP contribution in [0.15, 0.2) is 23.1 Å². The molecule has 0 saturated carbocycles. The Morgan fingerprint density at radius 3 is 2.62 bits per heavy atom. The molecule has 8 heteroatoms. The van der Waals surface area contributed by atoms with Gasteiger partial charge in [0.25, 0.3) is 11.1 Å². The lowest BCUT2D eigenvalue weighted by Crippen LogP contribution is -2.35. The summed E-state index contributed by atoms with van der Waals surface area (Å²) in [5.41, 5.74) is 0.597. The molecule has 0 aliphatic carbocycles. The summed E-state index contributed by atoms with van der Waals surface area (Å²) in [6.45, 7) is 3.23. The number of benzene rings is 1. The molecule has 0 spiro atoms. The van der Waals surface area contributed by atoms with Crippen molar-refractivity contribution in [2.45, 2.75) is 26.4 Å². The van der Waals surface area contributed by atoms with E-state index in [1.54, 1.807) is 31.2 Å². The van der Waals surface area contributed by atoms with E-state index in [9.17, 15) is 14.4 Å². The Labute approximate surface area is 156 Å². The standard InChI is InChI=1S/C18H21NO6S/c1-5-11(2)25-16(20)10-19-17(21)15(26-18(19)22)9-12-8-13(23-3)6-7-14(12)24-4/h6-9,11H,5,10H2,1-4H3/b15-9+/t11-/m0/s1. The summed E-state index contributed by atoms with van der Waals surface area (Å²) < 4.78 is 15.6. The third kappa shape index (κ3) is 4.57. The molecule has 7 nitrogen and oxygen atoms in total. The fourth-order valence-corrected chi connectivity index (χ4v) is 3.03. The Kier molecular flexibility index (Phi) is 6.68. The maximum atomic E-state index is 12.5. The Balaban J connectivity index is 2.20. The van der Waals surface area contributed by atoms with Gasteiger partial charge in [0, 0.05) is 5.56 Å². The van der Waals surface area contributed by atoms with E-state index in [-0.39, 0.29) is 11.0 Å². The zero-order valence-corrected chi connectivity index (χ0v) is 15.9. The topological polar surface area (TPSA) is 82.1 Å². The first kappa shape index (κ1) is 19.8. The fourth-order valence-electron chi connectivity index (χ4n) is 2.20. The van der Waals surface area contributed by atoms with Gasteiger partial charge in [0.2, 0.25) is 0 Å². The molecule has 1 aliphatic heterocycles. The highest BCUT2D eigenvalue weighted by Crippen LogP contribution is 2.35. The molecule has 1 fully saturated rings. The average molecular weight is 379 g/mol. The highest BCUT2D eigenvalue weighted by atomic mass is 32.2. The Morgan fingerprint density at radius 2 is 2.00 bits per heavy atom. The van der Waals surface area contributed by atoms with Crippen LogP contribution in [-0.2, 0) is 14.3 Å². The molecule has 1 saturated heterocycles. The lowest BCUT2D eigenvalue weighted by Gasteiger charge is -2.14. The molecule has 0 unspecified atom stereocenters. The number of hydrogen-bond acceptors (Lipinski definition) is 7. The lowest BCUT2D eigenvalue weighted by molar-refractivity contribution is -0.150. The highest BCUT2D eigenvalue weighted by Gasteiger charge is 2.37. The number of carbonyl (C=O) groups excluding carboxylic acids is 3. The monoisotopic (exact) mass is 379 g/mol. The molecule has 1 aromatic carbocycles. The number of ether oxygens (including phenoxy) is 3. The first-order valence-electron chi connectivity index (χ1n) is 8.06. The van der Waals surface area contributed by atoms with Gasteiger partial charge in [0.05, 0.1) is 25.2 Å². The van der Waals surface area contributed by atoms with Crippen LogP contribution in [0.1, 0.15) is 25.8 Å². The predicted octanol–water partition coefficient (Wildman–Crippen LogP) is 3.08. The first-order valence-corrected chi connectivity index (χ1v) is 8.88. The molecular formula is C18H21NO6S. The highest BCUT2D eigenvalue weighted by molar-refractivity contribution is 8.18. The number of imide groups is 1. The van der Waals surface area contributed by atoms with Crippen LogP contribution in [0.5, 0.6) is 11.5 Å². The molecule has 1 aromatic rings. The van der Waals surface area contributed by atoms with Crippen molar-refractivity contribution in [1.29, 1.82) is 0 Å². The number of amides is 2. The minimum atomic E-state index is -0.609. The largest absolute Gasteiger partial charge is 0.497 e. The van der Waals surface area contributed by atoms with Crippen molar-refractivity contribution in [3.8, 4) is 11.5 Å². The third-order valence-electron chi connectivity index (χ3n) is 3.79. The second-order valence-corrected chi connectivity index (χ2v) is 6.58. The summed E-state index contributed by atoms with van der Waals surface area (Å²) in [7, 11) is 3.04. The van der Waals surface area contributed by atoms with Gasteiger partial charge < -0.3 is 14.2 Å². The number of esters is 1. The molecule has 1 atom stereocenters. The van der Waals surface area contributed by atoms with Crippen LogP contribution in [0.3, 0.4) is 0 Å². The SMILES string of the molecule is CC[C@H](C)OC(=O)CN1C(=O)S/C(=C/c2cc(OC)ccc2OC)C1=O. The fraction of sp³-hybridized carbons (Fsp3) is 0.389. The summed E-state index contributed by atoms with van der Waals surface area (Å²) in [5, 5.41) is -0.510. The van der Waals surface area contributed by atoms with Crippen molar-refractivity contribution in [3.63, 3.8) is 0 Å². The summed E-state index contributed by atoms with van der Waals surface area (Å²) in [6.07, 6.45) is 1.94. The van der Waals surface area contributed by atoms with Gasteiger partial charge in [-0.2, -0.15) is 0 Å². The van der Waals surface area contributed by atoms with Crippen molar-refractivity contribution in [1.82, 2.24) is 4.90 Å². The molecule has 26 heavy (non-hydrogen) atoms. The minimum Gasteiger partial charge on any atom is -0.497 e. The van der Waals surface area contributed by atoms with E-state index < -0.39 is 23.7 Å². The van der Waals surface area contributed by atoms with Crippen LogP contribution in [0.25, 0.3) is 6.08 Å². The van der Waals surface area contributed by atoms with E-state index in [0.717, 1.165) is 16.7 Å². The van der Waals surface area contributed by atoms with Crippen molar-refractivity contribution in [3.05, 3.63) is 28.7 Å². The van der Waals surface area contributed by atoms with Crippen molar-refractivity contribution >= 4 is 35.0 Å². The number of nitrogens with zero attached hydrogens (tertiary/aromatic N) is 1. The van der Waals surface area contributed by atoms with Crippen LogP contribution in [0, 0.1) is 0 Å². The Hall–Kier alpha value is -2.48. The quantitative estimate of drug-likeness (QED) is 0.532. The zero-order chi connectivity index (χ0) is 19.3. The van der Waals surface area contributed by atoms with E-state index in [1.165, 1.54) is 14.2 Å². The van der Waals surface area contributed by atoms with Crippen LogP contribution in [-0.4, -0.2) is 48.9 Å². The second kappa shape index (κ2) is 8.75. The van der Waals surface area contributed by atoms with Crippen molar-refractivity contribution in [2.24, 2.45) is 0 Å². The van der Waals surface area contributed by atoms with E-state index in [1.807, 2.05) is 6.92 Å². The molecule has 0 N–H and O–H groups in total. The number of rotatable bonds is 7.